The van der Waals surface area contributed by atoms with Gasteiger partial charge in [-0.15, -0.1) is 10.2 Å². The van der Waals surface area contributed by atoms with E-state index in [1.54, 1.807) is 24.3 Å². The standard InChI is InChI=1S/C21H14F3N3O4S/c22-21(23,24)18-14-3-1-2-4-15(14)20(26-25-18)31-11-5-6-13-12(7-8-30-17(13)9-11)16-10-32(29)27-19(16)28/h1-6,9-10,12H,7-8H2,(H,27,28). The fraction of sp³-hybridized carbons (Fsp3) is 0.190. The minimum absolute atomic E-state index is 0.0748. The summed E-state index contributed by atoms with van der Waals surface area (Å²) in [5.41, 5.74) is 0.0611. The Balaban J connectivity index is 1.50. The van der Waals surface area contributed by atoms with Gasteiger partial charge in [0, 0.05) is 39.3 Å². The highest BCUT2D eigenvalue weighted by molar-refractivity contribution is 7.87. The number of amides is 1. The highest BCUT2D eigenvalue weighted by Gasteiger charge is 2.36. The molecule has 1 aromatic heterocycles. The lowest BCUT2D eigenvalue weighted by Crippen LogP contribution is -2.23. The number of rotatable bonds is 3. The molecule has 1 amide bonds. The second-order valence-electron chi connectivity index (χ2n) is 7.19. The van der Waals surface area contributed by atoms with Crippen molar-refractivity contribution in [2.24, 2.45) is 0 Å². The number of carbonyl (C=O) groups is 1. The van der Waals surface area contributed by atoms with E-state index in [0.717, 1.165) is 5.56 Å². The molecule has 3 heterocycles. The van der Waals surface area contributed by atoms with E-state index in [9.17, 15) is 22.2 Å². The number of fused-ring (bicyclic) bond motifs is 2. The lowest BCUT2D eigenvalue weighted by Gasteiger charge is -2.26. The molecule has 2 atom stereocenters. The van der Waals surface area contributed by atoms with Crippen molar-refractivity contribution in [2.75, 3.05) is 6.61 Å². The number of ether oxygens (including phenoxy) is 2. The molecule has 32 heavy (non-hydrogen) atoms. The monoisotopic (exact) mass is 461 g/mol. The average molecular weight is 461 g/mol. The number of hydrogen-bond acceptors (Lipinski definition) is 6. The summed E-state index contributed by atoms with van der Waals surface area (Å²) in [5.74, 6) is 0.0134. The Morgan fingerprint density at radius 3 is 2.62 bits per heavy atom. The lowest BCUT2D eigenvalue weighted by atomic mass is 9.87. The van der Waals surface area contributed by atoms with E-state index in [4.69, 9.17) is 9.47 Å². The van der Waals surface area contributed by atoms with Crippen LogP contribution in [0.3, 0.4) is 0 Å². The van der Waals surface area contributed by atoms with Crippen molar-refractivity contribution in [3.63, 3.8) is 0 Å². The minimum Gasteiger partial charge on any atom is -0.493 e. The van der Waals surface area contributed by atoms with Gasteiger partial charge in [-0.2, -0.15) is 13.2 Å². The van der Waals surface area contributed by atoms with Crippen molar-refractivity contribution >= 4 is 27.7 Å². The summed E-state index contributed by atoms with van der Waals surface area (Å²) in [5, 5.41) is 8.43. The fourth-order valence-electron chi connectivity index (χ4n) is 3.82. The zero-order valence-corrected chi connectivity index (χ0v) is 17.0. The van der Waals surface area contributed by atoms with Crippen LogP contribution in [0.25, 0.3) is 10.8 Å². The molecular weight excluding hydrogens is 447 g/mol. The van der Waals surface area contributed by atoms with Crippen LogP contribution in [0.5, 0.6) is 17.4 Å². The number of hydrogen-bond donors (Lipinski definition) is 1. The molecule has 0 aliphatic carbocycles. The molecular formula is C21H14F3N3O4S. The summed E-state index contributed by atoms with van der Waals surface area (Å²) >= 11 is 0. The van der Waals surface area contributed by atoms with Gasteiger partial charge in [-0.3, -0.25) is 9.52 Å². The number of nitrogens with zero attached hydrogens (tertiary/aromatic N) is 2. The zero-order valence-electron chi connectivity index (χ0n) is 16.2. The SMILES string of the molecule is O=C1NS(=O)C=C1C1CCOc2cc(Oc3nnc(C(F)(F)F)c4ccccc34)ccc21. The molecule has 11 heteroatoms. The molecule has 5 rings (SSSR count). The van der Waals surface area contributed by atoms with Crippen molar-refractivity contribution in [3.8, 4) is 17.4 Å². The average Bonchev–Trinajstić information content (AvgIpc) is 3.10. The van der Waals surface area contributed by atoms with E-state index in [2.05, 4.69) is 14.9 Å². The van der Waals surface area contributed by atoms with Gasteiger partial charge >= 0.3 is 6.18 Å². The smallest absolute Gasteiger partial charge is 0.435 e. The molecule has 2 unspecified atom stereocenters. The topological polar surface area (TPSA) is 90.4 Å². The van der Waals surface area contributed by atoms with Crippen LogP contribution in [-0.2, 0) is 22.0 Å². The molecule has 0 spiro atoms. The van der Waals surface area contributed by atoms with Gasteiger partial charge in [0.05, 0.1) is 6.61 Å². The predicted octanol–water partition coefficient (Wildman–Crippen LogP) is 3.98. The van der Waals surface area contributed by atoms with E-state index in [0.29, 0.717) is 24.4 Å². The fourth-order valence-corrected chi connectivity index (χ4v) is 4.68. The van der Waals surface area contributed by atoms with E-state index < -0.39 is 22.9 Å². The second kappa shape index (κ2) is 7.59. The Hall–Kier alpha value is -3.47. The van der Waals surface area contributed by atoms with Gasteiger partial charge in [0.2, 0.25) is 5.88 Å². The maximum Gasteiger partial charge on any atom is 0.435 e. The first-order valence-electron chi connectivity index (χ1n) is 9.52. The summed E-state index contributed by atoms with van der Waals surface area (Å²) in [7, 11) is -1.54. The van der Waals surface area contributed by atoms with Crippen molar-refractivity contribution < 1.29 is 31.6 Å². The van der Waals surface area contributed by atoms with Crippen molar-refractivity contribution in [3.05, 3.63) is 64.7 Å². The first kappa shape index (κ1) is 20.4. The van der Waals surface area contributed by atoms with Gasteiger partial charge in [-0.05, 0) is 18.6 Å². The molecule has 2 aliphatic rings. The highest BCUT2D eigenvalue weighted by atomic mass is 32.2. The van der Waals surface area contributed by atoms with Crippen molar-refractivity contribution in [1.29, 1.82) is 0 Å². The second-order valence-corrected chi connectivity index (χ2v) is 8.22. The zero-order chi connectivity index (χ0) is 22.5. The molecule has 2 aliphatic heterocycles. The van der Waals surface area contributed by atoms with E-state index in [1.807, 2.05) is 0 Å². The first-order valence-corrected chi connectivity index (χ1v) is 10.7. The minimum atomic E-state index is -4.65. The van der Waals surface area contributed by atoms with E-state index >= 15 is 0 Å². The summed E-state index contributed by atoms with van der Waals surface area (Å²) in [4.78, 5) is 12.1. The van der Waals surface area contributed by atoms with Crippen LogP contribution in [0.15, 0.2) is 53.4 Å². The molecule has 7 nitrogen and oxygen atoms in total. The largest absolute Gasteiger partial charge is 0.493 e. The van der Waals surface area contributed by atoms with Gasteiger partial charge in [-0.1, -0.05) is 24.3 Å². The van der Waals surface area contributed by atoms with E-state index in [-0.39, 0.29) is 34.2 Å². The maximum absolute atomic E-state index is 13.3. The molecule has 0 fully saturated rings. The molecule has 0 radical (unpaired) electrons. The number of nitrogens with one attached hydrogen (secondary N) is 1. The molecule has 0 bridgehead atoms. The van der Waals surface area contributed by atoms with Crippen molar-refractivity contribution in [1.82, 2.24) is 14.9 Å². The van der Waals surface area contributed by atoms with Crippen molar-refractivity contribution in [2.45, 2.75) is 18.5 Å². The van der Waals surface area contributed by atoms with Gasteiger partial charge in [0.1, 0.15) is 22.5 Å². The third-order valence-electron chi connectivity index (χ3n) is 5.23. The summed E-state index contributed by atoms with van der Waals surface area (Å²) in [6, 6.07) is 10.8. The van der Waals surface area contributed by atoms with Gasteiger partial charge < -0.3 is 9.47 Å². The molecule has 0 saturated heterocycles. The third-order valence-corrected chi connectivity index (χ3v) is 6.08. The maximum atomic E-state index is 13.3. The predicted molar refractivity (Wildman–Crippen MR) is 108 cm³/mol. The number of halogens is 3. The Morgan fingerprint density at radius 1 is 1.12 bits per heavy atom. The van der Waals surface area contributed by atoms with Crippen LogP contribution >= 0.6 is 0 Å². The number of benzene rings is 2. The van der Waals surface area contributed by atoms with Crippen LogP contribution < -0.4 is 14.2 Å². The summed E-state index contributed by atoms with van der Waals surface area (Å²) in [6.07, 6.45) is -4.11. The van der Waals surface area contributed by atoms with Crippen LogP contribution in [0.2, 0.25) is 0 Å². The molecule has 0 saturated carbocycles. The van der Waals surface area contributed by atoms with Crippen LogP contribution in [-0.4, -0.2) is 26.9 Å². The third kappa shape index (κ3) is 3.58. The quantitative estimate of drug-likeness (QED) is 0.635. The normalized spacial score (nSPS) is 20.3. The summed E-state index contributed by atoms with van der Waals surface area (Å²) < 4.78 is 65.3. The Morgan fingerprint density at radius 2 is 1.91 bits per heavy atom. The van der Waals surface area contributed by atoms with Gasteiger partial charge in [-0.25, -0.2) is 4.21 Å². The number of carbonyl (C=O) groups excluding carboxylic acids is 1. The first-order chi connectivity index (χ1) is 15.3. The molecule has 2 aromatic carbocycles. The Bertz CT molecular complexity index is 1310. The Kier molecular flexibility index (Phi) is 4.85. The lowest BCUT2D eigenvalue weighted by molar-refractivity contribution is -0.140. The molecule has 3 aromatic rings. The number of aromatic nitrogens is 2. The Labute approximate surface area is 181 Å². The van der Waals surface area contributed by atoms with Crippen LogP contribution in [0.4, 0.5) is 13.2 Å². The molecule has 164 valence electrons. The summed E-state index contributed by atoms with van der Waals surface area (Å²) in [6.45, 7) is 0.335. The number of alkyl halides is 3. The van der Waals surface area contributed by atoms with Crippen LogP contribution in [0.1, 0.15) is 23.6 Å². The van der Waals surface area contributed by atoms with E-state index in [1.165, 1.54) is 23.6 Å². The molecule has 1 N–H and O–H groups in total. The van der Waals surface area contributed by atoms with Gasteiger partial charge in [0.25, 0.3) is 5.91 Å². The van der Waals surface area contributed by atoms with Gasteiger partial charge in [0.15, 0.2) is 5.69 Å². The van der Waals surface area contributed by atoms with Crippen LogP contribution in [0, 0.1) is 0 Å². The highest BCUT2D eigenvalue weighted by Crippen LogP contribution is 2.42.